The standard InChI is InChI=1S/C6H11ClO2/c1-3-5(7)6(8)9-4-2/h5H,3-4H2,1-2H3/t5-/m1/s1. The molecule has 0 aromatic rings. The van der Waals surface area contributed by atoms with Gasteiger partial charge in [-0.1, -0.05) is 6.92 Å². The molecular formula is C6H11ClO2. The molecule has 0 N–H and O–H groups in total. The highest BCUT2D eigenvalue weighted by molar-refractivity contribution is 6.29. The molecule has 0 aliphatic rings. The second-order valence-electron chi connectivity index (χ2n) is 1.63. The van der Waals surface area contributed by atoms with Gasteiger partial charge in [0.05, 0.1) is 6.61 Å². The molecule has 0 aliphatic carbocycles. The third-order valence-electron chi connectivity index (χ3n) is 0.901. The molecule has 54 valence electrons. The van der Waals surface area contributed by atoms with Crippen molar-refractivity contribution in [1.29, 1.82) is 0 Å². The maximum Gasteiger partial charge on any atom is 0.324 e. The van der Waals surface area contributed by atoms with Crippen molar-refractivity contribution in [2.24, 2.45) is 0 Å². The number of ether oxygens (including phenoxy) is 1. The molecule has 0 fully saturated rings. The number of carbonyl (C=O) groups excluding carboxylic acids is 1. The van der Waals surface area contributed by atoms with E-state index in [1.54, 1.807) is 6.92 Å². The quantitative estimate of drug-likeness (QED) is 0.451. The van der Waals surface area contributed by atoms with Gasteiger partial charge in [0.15, 0.2) is 0 Å². The summed E-state index contributed by atoms with van der Waals surface area (Å²) in [5.41, 5.74) is 0. The average Bonchev–Trinajstić information content (AvgIpc) is 1.87. The maximum absolute atomic E-state index is 10.6. The molecule has 0 saturated heterocycles. The molecule has 0 rings (SSSR count). The van der Waals surface area contributed by atoms with Gasteiger partial charge in [-0.2, -0.15) is 0 Å². The van der Waals surface area contributed by atoms with Gasteiger partial charge in [-0.15, -0.1) is 11.6 Å². The summed E-state index contributed by atoms with van der Waals surface area (Å²) in [5, 5.41) is -0.468. The summed E-state index contributed by atoms with van der Waals surface area (Å²) in [7, 11) is 0. The molecular weight excluding hydrogens is 140 g/mol. The topological polar surface area (TPSA) is 26.3 Å². The van der Waals surface area contributed by atoms with Gasteiger partial charge in [0.1, 0.15) is 5.38 Å². The first-order valence-corrected chi connectivity index (χ1v) is 3.46. The summed E-state index contributed by atoms with van der Waals surface area (Å²) >= 11 is 5.52. The molecule has 0 saturated carbocycles. The number of esters is 1. The van der Waals surface area contributed by atoms with E-state index in [2.05, 4.69) is 4.74 Å². The maximum atomic E-state index is 10.6. The second-order valence-corrected chi connectivity index (χ2v) is 2.15. The Hall–Kier alpha value is -0.240. The van der Waals surface area contributed by atoms with E-state index < -0.39 is 5.38 Å². The van der Waals surface area contributed by atoms with E-state index in [9.17, 15) is 4.79 Å². The van der Waals surface area contributed by atoms with E-state index in [0.717, 1.165) is 0 Å². The third-order valence-corrected chi connectivity index (χ3v) is 1.39. The van der Waals surface area contributed by atoms with Crippen LogP contribution in [0.25, 0.3) is 0 Å². The van der Waals surface area contributed by atoms with Crippen molar-refractivity contribution in [3.05, 3.63) is 0 Å². The minimum Gasteiger partial charge on any atom is -0.465 e. The molecule has 0 radical (unpaired) electrons. The zero-order valence-electron chi connectivity index (χ0n) is 5.69. The van der Waals surface area contributed by atoms with Gasteiger partial charge in [0, 0.05) is 0 Å². The summed E-state index contributed by atoms with van der Waals surface area (Å²) < 4.78 is 4.62. The largest absolute Gasteiger partial charge is 0.465 e. The van der Waals surface area contributed by atoms with Crippen LogP contribution in [-0.2, 0) is 9.53 Å². The van der Waals surface area contributed by atoms with Crippen molar-refractivity contribution in [1.82, 2.24) is 0 Å². The fraction of sp³-hybridized carbons (Fsp3) is 0.833. The van der Waals surface area contributed by atoms with E-state index in [0.29, 0.717) is 13.0 Å². The van der Waals surface area contributed by atoms with Crippen molar-refractivity contribution < 1.29 is 9.53 Å². The number of halogens is 1. The Morgan fingerprint density at radius 2 is 2.22 bits per heavy atom. The lowest BCUT2D eigenvalue weighted by Crippen LogP contribution is -2.16. The minimum absolute atomic E-state index is 0.318. The first-order chi connectivity index (χ1) is 4.22. The van der Waals surface area contributed by atoms with Gasteiger partial charge in [-0.25, -0.2) is 0 Å². The molecule has 9 heavy (non-hydrogen) atoms. The van der Waals surface area contributed by atoms with Crippen LogP contribution in [0.2, 0.25) is 0 Å². The first kappa shape index (κ1) is 8.76. The fourth-order valence-corrected chi connectivity index (χ4v) is 0.462. The summed E-state index contributed by atoms with van der Waals surface area (Å²) in [5.74, 6) is -0.318. The normalized spacial score (nSPS) is 12.8. The zero-order chi connectivity index (χ0) is 7.28. The molecule has 0 heterocycles. The Morgan fingerprint density at radius 3 is 2.56 bits per heavy atom. The molecule has 0 amide bonds. The SMILES string of the molecule is CCOC(=O)[C@H](Cl)CC. The predicted molar refractivity (Wildman–Crippen MR) is 36.6 cm³/mol. The van der Waals surface area contributed by atoms with Gasteiger partial charge in [-0.3, -0.25) is 4.79 Å². The van der Waals surface area contributed by atoms with Crippen LogP contribution in [0.15, 0.2) is 0 Å². The molecule has 0 spiro atoms. The monoisotopic (exact) mass is 150 g/mol. The van der Waals surface area contributed by atoms with Crippen LogP contribution >= 0.6 is 11.6 Å². The molecule has 0 bridgehead atoms. The molecule has 1 atom stereocenters. The summed E-state index contributed by atoms with van der Waals surface area (Å²) in [6.45, 7) is 4.01. The number of carbonyl (C=O) groups is 1. The first-order valence-electron chi connectivity index (χ1n) is 3.03. The molecule has 0 aromatic carbocycles. The highest BCUT2D eigenvalue weighted by atomic mass is 35.5. The third kappa shape index (κ3) is 3.36. The molecule has 0 aliphatic heterocycles. The van der Waals surface area contributed by atoms with Gasteiger partial charge in [0.2, 0.25) is 0 Å². The number of rotatable bonds is 3. The molecule has 0 aromatic heterocycles. The summed E-state index contributed by atoms with van der Waals surface area (Å²) in [6, 6.07) is 0. The van der Waals surface area contributed by atoms with Gasteiger partial charge < -0.3 is 4.74 Å². The van der Waals surface area contributed by atoms with E-state index in [1.165, 1.54) is 0 Å². The lowest BCUT2D eigenvalue weighted by atomic mass is 10.3. The van der Waals surface area contributed by atoms with E-state index in [4.69, 9.17) is 11.6 Å². The Labute approximate surface area is 60.1 Å². The van der Waals surface area contributed by atoms with Crippen LogP contribution in [0.5, 0.6) is 0 Å². The number of hydrogen-bond acceptors (Lipinski definition) is 2. The zero-order valence-corrected chi connectivity index (χ0v) is 6.44. The predicted octanol–water partition coefficient (Wildman–Crippen LogP) is 1.57. The average molecular weight is 151 g/mol. The van der Waals surface area contributed by atoms with E-state index in [-0.39, 0.29) is 5.97 Å². The van der Waals surface area contributed by atoms with Crippen LogP contribution in [0.3, 0.4) is 0 Å². The minimum atomic E-state index is -0.468. The van der Waals surface area contributed by atoms with Gasteiger partial charge in [0.25, 0.3) is 0 Å². The van der Waals surface area contributed by atoms with E-state index in [1.807, 2.05) is 6.92 Å². The number of hydrogen-bond donors (Lipinski definition) is 0. The highest BCUT2D eigenvalue weighted by Gasteiger charge is 2.12. The number of alkyl halides is 1. The lowest BCUT2D eigenvalue weighted by Gasteiger charge is -2.03. The van der Waals surface area contributed by atoms with Crippen LogP contribution in [0, 0.1) is 0 Å². The van der Waals surface area contributed by atoms with Crippen LogP contribution in [0.4, 0.5) is 0 Å². The molecule has 3 heteroatoms. The van der Waals surface area contributed by atoms with Crippen LogP contribution in [-0.4, -0.2) is 18.0 Å². The van der Waals surface area contributed by atoms with Crippen LogP contribution < -0.4 is 0 Å². The molecule has 0 unspecified atom stereocenters. The van der Waals surface area contributed by atoms with Crippen molar-refractivity contribution in [2.45, 2.75) is 25.6 Å². The van der Waals surface area contributed by atoms with Gasteiger partial charge >= 0.3 is 5.97 Å². The fourth-order valence-electron chi connectivity index (χ4n) is 0.399. The van der Waals surface area contributed by atoms with Gasteiger partial charge in [-0.05, 0) is 13.3 Å². The van der Waals surface area contributed by atoms with Crippen molar-refractivity contribution in [3.8, 4) is 0 Å². The summed E-state index contributed by atoms with van der Waals surface area (Å²) in [6.07, 6.45) is 0.625. The van der Waals surface area contributed by atoms with Crippen LogP contribution in [0.1, 0.15) is 20.3 Å². The summed E-state index contributed by atoms with van der Waals surface area (Å²) in [4.78, 5) is 10.6. The Morgan fingerprint density at radius 1 is 1.67 bits per heavy atom. The van der Waals surface area contributed by atoms with Crippen molar-refractivity contribution >= 4 is 17.6 Å². The van der Waals surface area contributed by atoms with E-state index >= 15 is 0 Å². The van der Waals surface area contributed by atoms with Crippen molar-refractivity contribution in [3.63, 3.8) is 0 Å². The van der Waals surface area contributed by atoms with Crippen molar-refractivity contribution in [2.75, 3.05) is 6.61 Å². The smallest absolute Gasteiger partial charge is 0.324 e. The highest BCUT2D eigenvalue weighted by Crippen LogP contribution is 2.02. The second kappa shape index (κ2) is 4.62. The Kier molecular flexibility index (Phi) is 4.50. The lowest BCUT2D eigenvalue weighted by molar-refractivity contribution is -0.142. The Balaban J connectivity index is 3.46. The molecule has 2 nitrogen and oxygen atoms in total. The Bertz CT molecular complexity index is 93.1.